The highest BCUT2D eigenvalue weighted by atomic mass is 19.4. The van der Waals surface area contributed by atoms with Crippen molar-refractivity contribution in [1.82, 2.24) is 9.55 Å². The summed E-state index contributed by atoms with van der Waals surface area (Å²) in [7, 11) is 0. The van der Waals surface area contributed by atoms with Crippen LogP contribution in [0.2, 0.25) is 0 Å². The number of Topliss-reactive ketones (excluding diaryl/α,β-unsaturated/α-hetero) is 1. The SMILES string of the molecule is CC(O)CCC(=O)Cn1c(CCCC(F)(F)F)nc(-c2ccc(C(F)(F)F)cc2)cc1=O. The van der Waals surface area contributed by atoms with Gasteiger partial charge < -0.3 is 5.11 Å². The monoisotopic (exact) mass is 464 g/mol. The predicted octanol–water partition coefficient (Wildman–Crippen LogP) is 4.54. The predicted molar refractivity (Wildman–Crippen MR) is 104 cm³/mol. The van der Waals surface area contributed by atoms with Crippen LogP contribution in [0.15, 0.2) is 35.1 Å². The van der Waals surface area contributed by atoms with Gasteiger partial charge in [0.1, 0.15) is 5.82 Å². The maximum Gasteiger partial charge on any atom is 0.416 e. The Bertz CT molecular complexity index is 979. The molecule has 0 amide bonds. The van der Waals surface area contributed by atoms with Crippen LogP contribution in [0.4, 0.5) is 26.3 Å². The smallest absolute Gasteiger partial charge is 0.393 e. The summed E-state index contributed by atoms with van der Waals surface area (Å²) < 4.78 is 76.9. The van der Waals surface area contributed by atoms with Crippen LogP contribution in [0.5, 0.6) is 0 Å². The van der Waals surface area contributed by atoms with E-state index in [0.29, 0.717) is 0 Å². The van der Waals surface area contributed by atoms with Crippen LogP contribution in [-0.4, -0.2) is 32.7 Å². The molecule has 1 unspecified atom stereocenters. The first-order valence-electron chi connectivity index (χ1n) is 9.81. The number of aliphatic hydroxyl groups is 1. The van der Waals surface area contributed by atoms with E-state index >= 15 is 0 Å². The number of nitrogens with zero attached hydrogens (tertiary/aromatic N) is 2. The van der Waals surface area contributed by atoms with E-state index in [2.05, 4.69) is 4.98 Å². The van der Waals surface area contributed by atoms with Crippen LogP contribution in [0.25, 0.3) is 11.3 Å². The largest absolute Gasteiger partial charge is 0.416 e. The summed E-state index contributed by atoms with van der Waals surface area (Å²) in [4.78, 5) is 28.9. The Kier molecular flexibility index (Phi) is 8.22. The van der Waals surface area contributed by atoms with Gasteiger partial charge in [0, 0.05) is 30.9 Å². The highest BCUT2D eigenvalue weighted by molar-refractivity contribution is 5.78. The molecule has 0 fully saturated rings. The highest BCUT2D eigenvalue weighted by Gasteiger charge is 2.30. The molecule has 0 aliphatic rings. The van der Waals surface area contributed by atoms with Gasteiger partial charge in [0.25, 0.3) is 5.56 Å². The number of ketones is 1. The van der Waals surface area contributed by atoms with E-state index in [-0.39, 0.29) is 42.8 Å². The van der Waals surface area contributed by atoms with E-state index in [4.69, 9.17) is 0 Å². The summed E-state index contributed by atoms with van der Waals surface area (Å²) in [5.74, 6) is -0.476. The van der Waals surface area contributed by atoms with E-state index in [9.17, 15) is 41.0 Å². The van der Waals surface area contributed by atoms with Gasteiger partial charge in [0.15, 0.2) is 5.78 Å². The maximum atomic E-state index is 12.8. The molecule has 0 aliphatic heterocycles. The van der Waals surface area contributed by atoms with Crippen LogP contribution in [-0.2, 0) is 23.9 Å². The summed E-state index contributed by atoms with van der Waals surface area (Å²) in [6, 6.07) is 4.87. The Balaban J connectivity index is 2.37. The minimum Gasteiger partial charge on any atom is -0.393 e. The Morgan fingerprint density at radius 2 is 1.75 bits per heavy atom. The fourth-order valence-corrected chi connectivity index (χ4v) is 2.96. The Hall–Kier alpha value is -2.69. The van der Waals surface area contributed by atoms with E-state index in [0.717, 1.165) is 34.9 Å². The molecule has 1 aromatic heterocycles. The lowest BCUT2D eigenvalue weighted by atomic mass is 10.1. The zero-order valence-corrected chi connectivity index (χ0v) is 17.1. The number of aromatic nitrogens is 2. The van der Waals surface area contributed by atoms with E-state index in [1.165, 1.54) is 6.92 Å². The van der Waals surface area contributed by atoms with Crippen LogP contribution in [0.3, 0.4) is 0 Å². The molecule has 0 spiro atoms. The lowest BCUT2D eigenvalue weighted by molar-refractivity contribution is -0.137. The van der Waals surface area contributed by atoms with Gasteiger partial charge in [-0.2, -0.15) is 26.3 Å². The van der Waals surface area contributed by atoms with E-state index in [1.54, 1.807) is 0 Å². The van der Waals surface area contributed by atoms with Crippen molar-refractivity contribution in [3.63, 3.8) is 0 Å². The van der Waals surface area contributed by atoms with Crippen molar-refractivity contribution in [1.29, 1.82) is 0 Å². The number of halogens is 6. The summed E-state index contributed by atoms with van der Waals surface area (Å²) in [5.41, 5.74) is -1.43. The van der Waals surface area contributed by atoms with Crippen LogP contribution < -0.4 is 5.56 Å². The van der Waals surface area contributed by atoms with Gasteiger partial charge in [-0.25, -0.2) is 4.98 Å². The number of alkyl halides is 6. The van der Waals surface area contributed by atoms with Crippen LogP contribution in [0, 0.1) is 0 Å². The molecule has 2 aromatic rings. The third kappa shape index (κ3) is 7.77. The average Bonchev–Trinajstić information content (AvgIpc) is 2.67. The van der Waals surface area contributed by atoms with Crippen molar-refractivity contribution in [2.45, 2.75) is 64.0 Å². The number of carbonyl (C=O) groups excluding carboxylic acids is 1. The summed E-state index contributed by atoms with van der Waals surface area (Å²) in [5, 5.41) is 9.29. The number of carbonyl (C=O) groups is 1. The number of rotatable bonds is 9. The molecule has 1 heterocycles. The second-order valence-corrected chi connectivity index (χ2v) is 7.45. The van der Waals surface area contributed by atoms with Gasteiger partial charge in [0.05, 0.1) is 23.9 Å². The number of aryl methyl sites for hydroxylation is 1. The molecule has 11 heteroatoms. The molecule has 5 nitrogen and oxygen atoms in total. The molecular formula is C21H22F6N2O3. The quantitative estimate of drug-likeness (QED) is 0.553. The summed E-state index contributed by atoms with van der Waals surface area (Å²) in [6.07, 6.45) is -11.3. The van der Waals surface area contributed by atoms with Gasteiger partial charge in [-0.15, -0.1) is 0 Å². The van der Waals surface area contributed by atoms with E-state index < -0.39 is 48.3 Å². The molecule has 32 heavy (non-hydrogen) atoms. The van der Waals surface area contributed by atoms with Crippen molar-refractivity contribution in [3.8, 4) is 11.3 Å². The minimum atomic E-state index is -4.55. The number of benzene rings is 1. The Morgan fingerprint density at radius 1 is 1.12 bits per heavy atom. The van der Waals surface area contributed by atoms with Crippen molar-refractivity contribution >= 4 is 5.78 Å². The number of aliphatic hydroxyl groups excluding tert-OH is 1. The van der Waals surface area contributed by atoms with E-state index in [1.807, 2.05) is 0 Å². The Morgan fingerprint density at radius 3 is 2.28 bits per heavy atom. The molecular weight excluding hydrogens is 442 g/mol. The maximum absolute atomic E-state index is 12.8. The number of hydrogen-bond donors (Lipinski definition) is 1. The second kappa shape index (κ2) is 10.3. The molecule has 1 N–H and O–H groups in total. The van der Waals surface area contributed by atoms with Crippen molar-refractivity contribution in [2.75, 3.05) is 0 Å². The zero-order chi connectivity index (χ0) is 24.1. The molecule has 0 bridgehead atoms. The topological polar surface area (TPSA) is 72.2 Å². The number of hydrogen-bond acceptors (Lipinski definition) is 4. The van der Waals surface area contributed by atoms with Gasteiger partial charge in [-0.05, 0) is 31.9 Å². The normalized spacial score (nSPS) is 13.2. The van der Waals surface area contributed by atoms with Gasteiger partial charge in [0.2, 0.25) is 0 Å². The summed E-state index contributed by atoms with van der Waals surface area (Å²) in [6.45, 7) is 1.07. The first-order chi connectivity index (χ1) is 14.8. The fraction of sp³-hybridized carbons (Fsp3) is 0.476. The molecule has 1 atom stereocenters. The molecule has 1 aromatic carbocycles. The lowest BCUT2D eigenvalue weighted by Crippen LogP contribution is -2.29. The Labute approximate surface area is 179 Å². The van der Waals surface area contributed by atoms with Crippen molar-refractivity contribution < 1.29 is 36.2 Å². The molecule has 0 saturated carbocycles. The van der Waals surface area contributed by atoms with Gasteiger partial charge >= 0.3 is 12.4 Å². The summed E-state index contributed by atoms with van der Waals surface area (Å²) >= 11 is 0. The zero-order valence-electron chi connectivity index (χ0n) is 17.1. The van der Waals surface area contributed by atoms with Gasteiger partial charge in [-0.1, -0.05) is 12.1 Å². The standard InChI is InChI=1S/C21H22F6N2O3/c1-13(30)4-9-16(31)12-29-18(3-2-10-20(22,23)24)28-17(11-19(29)32)14-5-7-15(8-6-14)21(25,26)27/h5-8,11,13,30H,2-4,9-10,12H2,1H3. The molecule has 0 radical (unpaired) electrons. The molecule has 0 aliphatic carbocycles. The van der Waals surface area contributed by atoms with Crippen molar-refractivity contribution in [3.05, 3.63) is 52.1 Å². The third-order valence-electron chi connectivity index (χ3n) is 4.63. The first-order valence-corrected chi connectivity index (χ1v) is 9.81. The van der Waals surface area contributed by atoms with Crippen LogP contribution in [0.1, 0.15) is 44.0 Å². The fourth-order valence-electron chi connectivity index (χ4n) is 2.96. The first kappa shape index (κ1) is 25.6. The highest BCUT2D eigenvalue weighted by Crippen LogP contribution is 2.30. The molecule has 2 rings (SSSR count). The molecule has 0 saturated heterocycles. The van der Waals surface area contributed by atoms with Gasteiger partial charge in [-0.3, -0.25) is 14.2 Å². The lowest BCUT2D eigenvalue weighted by Gasteiger charge is -2.14. The molecule has 176 valence electrons. The average molecular weight is 464 g/mol. The second-order valence-electron chi connectivity index (χ2n) is 7.45. The van der Waals surface area contributed by atoms with Crippen LogP contribution >= 0.6 is 0 Å². The minimum absolute atomic E-state index is 0.00147. The third-order valence-corrected chi connectivity index (χ3v) is 4.63. The van der Waals surface area contributed by atoms with Crippen molar-refractivity contribution in [2.24, 2.45) is 0 Å².